The monoisotopic (exact) mass is 485 g/mol. The number of amides is 1. The molecule has 35 heavy (non-hydrogen) atoms. The number of carbonyl (C=O) groups excluding carboxylic acids is 1. The second kappa shape index (κ2) is 10.1. The number of anilines is 3. The molecule has 0 radical (unpaired) electrons. The van der Waals surface area contributed by atoms with Crippen molar-refractivity contribution in [3.63, 3.8) is 0 Å². The number of halogens is 2. The number of benzene rings is 2. The Labute approximate surface area is 200 Å². The van der Waals surface area contributed by atoms with Gasteiger partial charge in [0.25, 0.3) is 11.8 Å². The first-order valence-electron chi connectivity index (χ1n) is 10.2. The van der Waals surface area contributed by atoms with Gasteiger partial charge in [0, 0.05) is 38.5 Å². The lowest BCUT2D eigenvalue weighted by Gasteiger charge is -2.21. The third-order valence-electron chi connectivity index (χ3n) is 4.85. The highest BCUT2D eigenvalue weighted by Crippen LogP contribution is 2.39. The predicted octanol–water partition coefficient (Wildman–Crippen LogP) is 2.80. The van der Waals surface area contributed by atoms with Crippen LogP contribution in [0, 0.1) is 17.0 Å². The van der Waals surface area contributed by atoms with Crippen LogP contribution in [0.5, 0.6) is 23.3 Å². The number of aromatic nitrogens is 1. The molecule has 0 bridgehead atoms. The number of carbonyl (C=O) groups is 1. The third kappa shape index (κ3) is 5.66. The number of ether oxygens (including phenoxy) is 2. The zero-order chi connectivity index (χ0) is 25.9. The first kappa shape index (κ1) is 25.0. The molecule has 184 valence electrons. The SMILES string of the molecule is CN(C)c1cccc(Oc2nc(Oc3cc(C(=N)N)ccc3N)c(F)c(N(C)CC(N)=O)c2F)c1. The lowest BCUT2D eigenvalue weighted by atomic mass is 10.2. The van der Waals surface area contributed by atoms with E-state index in [4.69, 9.17) is 32.1 Å². The fraction of sp³-hybridized carbons (Fsp3) is 0.174. The minimum atomic E-state index is -1.21. The van der Waals surface area contributed by atoms with Gasteiger partial charge in [-0.05, 0) is 30.3 Å². The van der Waals surface area contributed by atoms with Crippen LogP contribution in [-0.4, -0.2) is 44.4 Å². The molecule has 3 aromatic rings. The summed E-state index contributed by atoms with van der Waals surface area (Å²) in [5.74, 6) is -4.60. The van der Waals surface area contributed by atoms with Crippen molar-refractivity contribution >= 4 is 28.8 Å². The van der Waals surface area contributed by atoms with Crippen LogP contribution in [0.4, 0.5) is 25.8 Å². The van der Waals surface area contributed by atoms with Crippen LogP contribution in [0.15, 0.2) is 42.5 Å². The largest absolute Gasteiger partial charge is 0.436 e. The summed E-state index contributed by atoms with van der Waals surface area (Å²) in [6.45, 7) is -0.491. The summed E-state index contributed by atoms with van der Waals surface area (Å²) in [7, 11) is 4.91. The summed E-state index contributed by atoms with van der Waals surface area (Å²) in [6, 6.07) is 10.9. The van der Waals surface area contributed by atoms with Crippen molar-refractivity contribution < 1.29 is 23.0 Å². The molecule has 0 fully saturated rings. The maximum Gasteiger partial charge on any atom is 0.261 e. The van der Waals surface area contributed by atoms with E-state index in [9.17, 15) is 4.79 Å². The second-order valence-electron chi connectivity index (χ2n) is 7.78. The highest BCUT2D eigenvalue weighted by atomic mass is 19.1. The van der Waals surface area contributed by atoms with E-state index in [0.29, 0.717) is 0 Å². The Kier molecular flexibility index (Phi) is 7.23. The molecule has 2 aromatic carbocycles. The molecule has 0 aliphatic carbocycles. The van der Waals surface area contributed by atoms with Crippen LogP contribution >= 0.6 is 0 Å². The van der Waals surface area contributed by atoms with Gasteiger partial charge in [0.2, 0.25) is 17.5 Å². The lowest BCUT2D eigenvalue weighted by molar-refractivity contribution is -0.116. The fourth-order valence-corrected chi connectivity index (χ4v) is 3.10. The maximum absolute atomic E-state index is 15.4. The molecule has 1 aromatic heterocycles. The van der Waals surface area contributed by atoms with Gasteiger partial charge in [-0.1, -0.05) is 6.07 Å². The number of pyridine rings is 1. The van der Waals surface area contributed by atoms with E-state index in [1.165, 1.54) is 25.2 Å². The van der Waals surface area contributed by atoms with Crippen molar-refractivity contribution in [1.29, 1.82) is 5.41 Å². The van der Waals surface area contributed by atoms with Gasteiger partial charge in [0.05, 0.1) is 12.2 Å². The zero-order valence-corrected chi connectivity index (χ0v) is 19.3. The van der Waals surface area contributed by atoms with Gasteiger partial charge in [-0.3, -0.25) is 10.2 Å². The fourth-order valence-electron chi connectivity index (χ4n) is 3.10. The first-order valence-corrected chi connectivity index (χ1v) is 10.2. The summed E-state index contributed by atoms with van der Waals surface area (Å²) >= 11 is 0. The number of hydrogen-bond acceptors (Lipinski definition) is 8. The van der Waals surface area contributed by atoms with Gasteiger partial charge < -0.3 is 36.5 Å². The molecule has 0 aliphatic heterocycles. The molecule has 10 nitrogen and oxygen atoms in total. The van der Waals surface area contributed by atoms with Crippen LogP contribution < -0.4 is 36.5 Å². The molecule has 1 heterocycles. The van der Waals surface area contributed by atoms with Gasteiger partial charge in [-0.15, -0.1) is 0 Å². The van der Waals surface area contributed by atoms with Crippen molar-refractivity contribution in [2.45, 2.75) is 0 Å². The molecular formula is C23H25F2N7O3. The zero-order valence-electron chi connectivity index (χ0n) is 19.3. The molecule has 0 saturated heterocycles. The number of hydrogen-bond donors (Lipinski definition) is 4. The average molecular weight is 485 g/mol. The Hall–Kier alpha value is -4.61. The number of nitrogens with two attached hydrogens (primary N) is 3. The van der Waals surface area contributed by atoms with E-state index < -0.39 is 41.5 Å². The summed E-state index contributed by atoms with van der Waals surface area (Å²) in [6.07, 6.45) is 0. The van der Waals surface area contributed by atoms with Crippen molar-refractivity contribution in [2.24, 2.45) is 11.5 Å². The molecule has 0 saturated carbocycles. The van der Waals surface area contributed by atoms with E-state index in [2.05, 4.69) is 4.98 Å². The van der Waals surface area contributed by atoms with Gasteiger partial charge >= 0.3 is 0 Å². The summed E-state index contributed by atoms with van der Waals surface area (Å²) in [5, 5.41) is 7.58. The van der Waals surface area contributed by atoms with Crippen molar-refractivity contribution in [1.82, 2.24) is 4.98 Å². The number of nitrogen functional groups attached to an aromatic ring is 2. The van der Waals surface area contributed by atoms with Crippen molar-refractivity contribution in [2.75, 3.05) is 43.2 Å². The topological polar surface area (TPSA) is 157 Å². The minimum Gasteiger partial charge on any atom is -0.436 e. The van der Waals surface area contributed by atoms with E-state index in [0.717, 1.165) is 10.6 Å². The van der Waals surface area contributed by atoms with Crippen LogP contribution in [0.3, 0.4) is 0 Å². The number of rotatable bonds is 9. The molecule has 3 rings (SSSR count). The number of likely N-dealkylation sites (N-methyl/N-ethyl adjacent to an activating group) is 1. The highest BCUT2D eigenvalue weighted by molar-refractivity contribution is 5.95. The van der Waals surface area contributed by atoms with E-state index in [-0.39, 0.29) is 28.6 Å². The Morgan fingerprint density at radius 1 is 1.03 bits per heavy atom. The standard InChI is InChI=1S/C23H25F2N7O3/c1-31(2)13-5-4-6-14(10-13)34-22-18(24)20(32(3)11-17(27)33)19(25)23(30-22)35-16-9-12(21(28)29)7-8-15(16)26/h4-10H,11,26H2,1-3H3,(H2,27,33)(H3,28,29). The maximum atomic E-state index is 15.4. The lowest BCUT2D eigenvalue weighted by Crippen LogP contribution is -2.32. The van der Waals surface area contributed by atoms with Crippen LogP contribution in [0.2, 0.25) is 0 Å². The smallest absolute Gasteiger partial charge is 0.261 e. The Morgan fingerprint density at radius 2 is 1.69 bits per heavy atom. The Bertz CT molecular complexity index is 1280. The summed E-state index contributed by atoms with van der Waals surface area (Å²) in [4.78, 5) is 18.1. The van der Waals surface area contributed by atoms with Gasteiger partial charge in [0.1, 0.15) is 17.3 Å². The van der Waals surface area contributed by atoms with Crippen LogP contribution in [-0.2, 0) is 4.79 Å². The first-order chi connectivity index (χ1) is 16.5. The van der Waals surface area contributed by atoms with Crippen LogP contribution in [0.25, 0.3) is 0 Å². The highest BCUT2D eigenvalue weighted by Gasteiger charge is 2.27. The van der Waals surface area contributed by atoms with E-state index in [1.807, 2.05) is 25.1 Å². The summed E-state index contributed by atoms with van der Waals surface area (Å²) < 4.78 is 42.0. The number of nitrogens with one attached hydrogen (secondary N) is 1. The van der Waals surface area contributed by atoms with E-state index >= 15 is 8.78 Å². The van der Waals surface area contributed by atoms with Crippen molar-refractivity contribution in [3.05, 3.63) is 59.7 Å². The quantitative estimate of drug-likeness (QED) is 0.205. The molecule has 0 spiro atoms. The molecule has 0 aliphatic rings. The Morgan fingerprint density at radius 3 is 2.29 bits per heavy atom. The minimum absolute atomic E-state index is 0.0697. The second-order valence-corrected chi connectivity index (χ2v) is 7.78. The third-order valence-corrected chi connectivity index (χ3v) is 4.85. The van der Waals surface area contributed by atoms with Crippen molar-refractivity contribution in [3.8, 4) is 23.3 Å². The number of primary amides is 1. The van der Waals surface area contributed by atoms with Gasteiger partial charge in [0.15, 0.2) is 5.75 Å². The van der Waals surface area contributed by atoms with Gasteiger partial charge in [-0.25, -0.2) is 0 Å². The Balaban J connectivity index is 2.13. The van der Waals surface area contributed by atoms with Crippen LogP contribution in [0.1, 0.15) is 5.56 Å². The molecular weight excluding hydrogens is 460 g/mol. The number of amidine groups is 1. The molecule has 7 N–H and O–H groups in total. The predicted molar refractivity (Wildman–Crippen MR) is 129 cm³/mol. The van der Waals surface area contributed by atoms with Gasteiger partial charge in [-0.2, -0.15) is 13.8 Å². The van der Waals surface area contributed by atoms with E-state index in [1.54, 1.807) is 18.2 Å². The molecule has 0 atom stereocenters. The average Bonchev–Trinajstić information content (AvgIpc) is 2.78. The molecule has 12 heteroatoms. The molecule has 0 unspecified atom stereocenters. The molecule has 1 amide bonds. The number of nitrogens with zero attached hydrogens (tertiary/aromatic N) is 3. The summed E-state index contributed by atoms with van der Waals surface area (Å²) in [5.41, 5.74) is 17.1. The normalized spacial score (nSPS) is 10.5.